The number of nitrogens with zero attached hydrogens (tertiary/aromatic N) is 3. The number of nitrogens with one attached hydrogen (secondary N) is 1. The zero-order chi connectivity index (χ0) is 24.2. The molecule has 1 heterocycles. The number of carbonyl (C=O) groups is 1. The lowest BCUT2D eigenvalue weighted by molar-refractivity contribution is -0.123. The average Bonchev–Trinajstić information content (AvgIpc) is 2.93. The number of benzene rings is 1. The van der Waals surface area contributed by atoms with Crippen LogP contribution < -0.4 is 5.32 Å². The zero-order valence-corrected chi connectivity index (χ0v) is 21.3. The van der Waals surface area contributed by atoms with E-state index in [0.717, 1.165) is 0 Å². The van der Waals surface area contributed by atoms with Gasteiger partial charge in [-0.1, -0.05) is 13.8 Å². The second kappa shape index (κ2) is 10.6. The van der Waals surface area contributed by atoms with Crippen LogP contribution in [-0.4, -0.2) is 87.6 Å². The molecular weight excluding hydrogens is 452 g/mol. The SMILES string of the molecule is CCN(CC)S(=O)(=O)c1ccc(S(=O)(=O)N2CCCN(CC(=O)NC(C)(C)C)CC2)cc1. The Morgan fingerprint density at radius 1 is 0.938 bits per heavy atom. The molecule has 9 nitrogen and oxygen atoms in total. The van der Waals surface area contributed by atoms with Crippen LogP contribution in [0.2, 0.25) is 0 Å². The second-order valence-electron chi connectivity index (χ2n) is 8.89. The van der Waals surface area contributed by atoms with Gasteiger partial charge in [-0.05, 0) is 58.0 Å². The Hall–Kier alpha value is -1.53. The van der Waals surface area contributed by atoms with Gasteiger partial charge in [0.25, 0.3) is 0 Å². The van der Waals surface area contributed by atoms with E-state index in [2.05, 4.69) is 5.32 Å². The van der Waals surface area contributed by atoms with Crippen LogP contribution >= 0.6 is 0 Å². The molecule has 0 bridgehead atoms. The molecule has 1 aliphatic heterocycles. The summed E-state index contributed by atoms with van der Waals surface area (Å²) in [6.45, 7) is 11.9. The van der Waals surface area contributed by atoms with Crippen molar-refractivity contribution in [2.75, 3.05) is 45.8 Å². The fraction of sp³-hybridized carbons (Fsp3) is 0.667. The molecular formula is C21H36N4O5S2. The first-order chi connectivity index (χ1) is 14.8. The number of hydrogen-bond donors (Lipinski definition) is 1. The van der Waals surface area contributed by atoms with Gasteiger partial charge >= 0.3 is 0 Å². The molecule has 1 aromatic rings. The quantitative estimate of drug-likeness (QED) is 0.592. The molecule has 0 spiro atoms. The normalized spacial score (nSPS) is 17.3. The van der Waals surface area contributed by atoms with Crippen molar-refractivity contribution in [3.05, 3.63) is 24.3 Å². The standard InChI is InChI=1S/C21H36N4O5S2/c1-6-24(7-2)31(27,28)18-9-11-19(12-10-18)32(29,30)25-14-8-13-23(15-16-25)17-20(26)22-21(3,4)5/h9-12H,6-8,13-17H2,1-5H3,(H,22,26). The van der Waals surface area contributed by atoms with Crippen LogP contribution in [0.3, 0.4) is 0 Å². The maximum atomic E-state index is 13.1. The van der Waals surface area contributed by atoms with Crippen LogP contribution in [0.1, 0.15) is 41.0 Å². The van der Waals surface area contributed by atoms with Crippen molar-refractivity contribution >= 4 is 26.0 Å². The molecule has 1 aliphatic rings. The smallest absolute Gasteiger partial charge is 0.243 e. The van der Waals surface area contributed by atoms with Crippen LogP contribution in [0.25, 0.3) is 0 Å². The Kier molecular flexibility index (Phi) is 8.85. The third kappa shape index (κ3) is 6.74. The summed E-state index contributed by atoms with van der Waals surface area (Å²) in [6.07, 6.45) is 0.608. The number of rotatable bonds is 8. The van der Waals surface area contributed by atoms with E-state index in [0.29, 0.717) is 39.1 Å². The fourth-order valence-corrected chi connectivity index (χ4v) is 6.58. The van der Waals surface area contributed by atoms with Crippen LogP contribution in [0.4, 0.5) is 0 Å². The van der Waals surface area contributed by atoms with Crippen molar-refractivity contribution < 1.29 is 21.6 Å². The van der Waals surface area contributed by atoms with Crippen molar-refractivity contribution in [2.24, 2.45) is 0 Å². The van der Waals surface area contributed by atoms with E-state index in [1.807, 2.05) is 25.7 Å². The topological polar surface area (TPSA) is 107 Å². The summed E-state index contributed by atoms with van der Waals surface area (Å²) >= 11 is 0. The van der Waals surface area contributed by atoms with Gasteiger partial charge in [-0.15, -0.1) is 0 Å². The summed E-state index contributed by atoms with van der Waals surface area (Å²) < 4.78 is 54.3. The number of sulfonamides is 2. The maximum Gasteiger partial charge on any atom is 0.243 e. The highest BCUT2D eigenvalue weighted by molar-refractivity contribution is 7.89. The van der Waals surface area contributed by atoms with E-state index >= 15 is 0 Å². The monoisotopic (exact) mass is 488 g/mol. The summed E-state index contributed by atoms with van der Waals surface area (Å²) in [4.78, 5) is 14.3. The minimum absolute atomic E-state index is 0.0647. The van der Waals surface area contributed by atoms with E-state index in [1.165, 1.54) is 32.9 Å². The van der Waals surface area contributed by atoms with Crippen molar-refractivity contribution in [1.82, 2.24) is 18.8 Å². The lowest BCUT2D eigenvalue weighted by Gasteiger charge is -2.25. The number of amides is 1. The Labute approximate surface area is 192 Å². The van der Waals surface area contributed by atoms with Crippen molar-refractivity contribution in [2.45, 2.75) is 56.4 Å². The third-order valence-corrected chi connectivity index (χ3v) is 9.21. The predicted octanol–water partition coefficient (Wildman–Crippen LogP) is 1.33. The van der Waals surface area contributed by atoms with E-state index < -0.39 is 20.0 Å². The first-order valence-corrected chi connectivity index (χ1v) is 13.8. The van der Waals surface area contributed by atoms with Crippen molar-refractivity contribution in [3.8, 4) is 0 Å². The Morgan fingerprint density at radius 2 is 1.50 bits per heavy atom. The van der Waals surface area contributed by atoms with E-state index in [4.69, 9.17) is 0 Å². The minimum Gasteiger partial charge on any atom is -0.350 e. The molecule has 0 saturated carbocycles. The van der Waals surface area contributed by atoms with Gasteiger partial charge < -0.3 is 5.32 Å². The van der Waals surface area contributed by atoms with Gasteiger partial charge in [-0.2, -0.15) is 8.61 Å². The summed E-state index contributed by atoms with van der Waals surface area (Å²) in [6, 6.07) is 5.40. The average molecular weight is 489 g/mol. The highest BCUT2D eigenvalue weighted by Gasteiger charge is 2.29. The van der Waals surface area contributed by atoms with Gasteiger partial charge in [0.15, 0.2) is 0 Å². The molecule has 1 saturated heterocycles. The lowest BCUT2D eigenvalue weighted by atomic mass is 10.1. The van der Waals surface area contributed by atoms with Gasteiger partial charge in [0.1, 0.15) is 0 Å². The molecule has 1 amide bonds. The van der Waals surface area contributed by atoms with Crippen molar-refractivity contribution in [1.29, 1.82) is 0 Å². The van der Waals surface area contributed by atoms with Crippen LogP contribution in [0.5, 0.6) is 0 Å². The molecule has 2 rings (SSSR count). The molecule has 32 heavy (non-hydrogen) atoms. The molecule has 0 aliphatic carbocycles. The largest absolute Gasteiger partial charge is 0.350 e. The molecule has 1 fully saturated rings. The summed E-state index contributed by atoms with van der Waals surface area (Å²) in [7, 11) is -7.41. The maximum absolute atomic E-state index is 13.1. The van der Waals surface area contributed by atoms with Gasteiger partial charge in [0, 0.05) is 38.3 Å². The highest BCUT2D eigenvalue weighted by Crippen LogP contribution is 2.22. The van der Waals surface area contributed by atoms with Gasteiger partial charge in [-0.3, -0.25) is 9.69 Å². The fourth-order valence-electron chi connectivity index (χ4n) is 3.65. The minimum atomic E-state index is -3.76. The number of carbonyl (C=O) groups excluding carboxylic acids is 1. The Bertz CT molecular complexity index is 982. The molecule has 0 unspecified atom stereocenters. The van der Waals surface area contributed by atoms with Crippen LogP contribution in [-0.2, 0) is 24.8 Å². The summed E-state index contributed by atoms with van der Waals surface area (Å²) in [5.41, 5.74) is -0.316. The Balaban J connectivity index is 2.10. The van der Waals surface area contributed by atoms with Gasteiger partial charge in [-0.25, -0.2) is 16.8 Å². The predicted molar refractivity (Wildman–Crippen MR) is 124 cm³/mol. The molecule has 0 atom stereocenters. The number of hydrogen-bond acceptors (Lipinski definition) is 6. The van der Waals surface area contributed by atoms with E-state index in [9.17, 15) is 21.6 Å². The summed E-state index contributed by atoms with van der Waals surface area (Å²) in [5, 5.41) is 2.92. The molecule has 11 heteroatoms. The third-order valence-electron chi connectivity index (χ3n) is 5.23. The summed E-state index contributed by atoms with van der Waals surface area (Å²) in [5.74, 6) is -0.0844. The van der Waals surface area contributed by atoms with E-state index in [-0.39, 0.29) is 34.3 Å². The highest BCUT2D eigenvalue weighted by atomic mass is 32.2. The van der Waals surface area contributed by atoms with Crippen LogP contribution in [0.15, 0.2) is 34.1 Å². The first kappa shape index (κ1) is 26.7. The van der Waals surface area contributed by atoms with Gasteiger partial charge in [0.2, 0.25) is 26.0 Å². The molecule has 182 valence electrons. The first-order valence-electron chi connectivity index (χ1n) is 10.9. The molecule has 1 aromatic carbocycles. The molecule has 0 aromatic heterocycles. The van der Waals surface area contributed by atoms with Crippen LogP contribution in [0, 0.1) is 0 Å². The lowest BCUT2D eigenvalue weighted by Crippen LogP contribution is -2.46. The van der Waals surface area contributed by atoms with Gasteiger partial charge in [0.05, 0.1) is 16.3 Å². The zero-order valence-electron chi connectivity index (χ0n) is 19.7. The molecule has 1 N–H and O–H groups in total. The molecule has 0 radical (unpaired) electrons. The Morgan fingerprint density at radius 3 is 2.03 bits per heavy atom. The van der Waals surface area contributed by atoms with Crippen molar-refractivity contribution in [3.63, 3.8) is 0 Å². The van der Waals surface area contributed by atoms with E-state index in [1.54, 1.807) is 13.8 Å². The second-order valence-corrected chi connectivity index (χ2v) is 12.8.